The Morgan fingerprint density at radius 3 is 2.33 bits per heavy atom. The van der Waals surface area contributed by atoms with E-state index in [1.165, 1.54) is 12.5 Å². The van der Waals surface area contributed by atoms with Gasteiger partial charge < -0.3 is 20.1 Å². The molecule has 5 nitrogen and oxygen atoms in total. The van der Waals surface area contributed by atoms with Gasteiger partial charge in [0.1, 0.15) is 6.61 Å². The van der Waals surface area contributed by atoms with Gasteiger partial charge in [-0.25, -0.2) is 0 Å². The zero-order chi connectivity index (χ0) is 21.3. The Hall–Kier alpha value is -3.47. The van der Waals surface area contributed by atoms with Gasteiger partial charge in [0.2, 0.25) is 5.91 Å². The molecule has 0 spiro atoms. The number of aryl methyl sites for hydroxylation is 1. The van der Waals surface area contributed by atoms with Crippen LogP contribution in [0, 0.1) is 6.92 Å². The third-order valence-corrected chi connectivity index (χ3v) is 4.49. The normalized spacial score (nSPS) is 10.4. The number of carbonyl (C=O) groups is 1. The number of hydrogen-bond donors (Lipinski definition) is 2. The molecule has 0 fully saturated rings. The minimum absolute atomic E-state index is 0.0797. The predicted octanol–water partition coefficient (Wildman–Crippen LogP) is 5.54. The van der Waals surface area contributed by atoms with Crippen LogP contribution in [-0.4, -0.2) is 12.5 Å². The zero-order valence-electron chi connectivity index (χ0n) is 17.7. The summed E-state index contributed by atoms with van der Waals surface area (Å²) in [4.78, 5) is 11.1. The molecule has 0 bridgehead atoms. The van der Waals surface area contributed by atoms with Gasteiger partial charge in [0.15, 0.2) is 11.5 Å². The maximum atomic E-state index is 11.1. The monoisotopic (exact) mass is 404 g/mol. The smallest absolute Gasteiger partial charge is 0.221 e. The van der Waals surface area contributed by atoms with Crippen molar-refractivity contribution in [3.05, 3.63) is 83.4 Å². The quantitative estimate of drug-likeness (QED) is 0.491. The van der Waals surface area contributed by atoms with Crippen LogP contribution in [-0.2, 0) is 17.9 Å². The summed E-state index contributed by atoms with van der Waals surface area (Å²) in [6.07, 6.45) is 0. The number of carbonyl (C=O) groups excluding carboxylic acids is 1. The minimum atomic E-state index is -0.0797. The van der Waals surface area contributed by atoms with Gasteiger partial charge in [-0.1, -0.05) is 35.9 Å². The molecule has 0 unspecified atom stereocenters. The molecule has 30 heavy (non-hydrogen) atoms. The number of rotatable bonds is 9. The van der Waals surface area contributed by atoms with Crippen LogP contribution >= 0.6 is 0 Å². The highest BCUT2D eigenvalue weighted by atomic mass is 16.5. The molecule has 3 rings (SSSR count). The van der Waals surface area contributed by atoms with E-state index in [1.807, 2.05) is 55.5 Å². The maximum absolute atomic E-state index is 11.1. The Labute approximate surface area is 178 Å². The largest absolute Gasteiger partial charge is 0.490 e. The first-order valence-electron chi connectivity index (χ1n) is 10.1. The topological polar surface area (TPSA) is 59.6 Å². The first-order chi connectivity index (χ1) is 14.5. The Balaban J connectivity index is 1.63. The van der Waals surface area contributed by atoms with E-state index in [-0.39, 0.29) is 5.91 Å². The molecule has 0 aliphatic carbocycles. The second kappa shape index (κ2) is 10.3. The number of hydrogen-bond acceptors (Lipinski definition) is 4. The van der Waals surface area contributed by atoms with Gasteiger partial charge >= 0.3 is 0 Å². The van der Waals surface area contributed by atoms with E-state index in [1.54, 1.807) is 0 Å². The first kappa shape index (κ1) is 21.2. The Morgan fingerprint density at radius 1 is 0.867 bits per heavy atom. The fourth-order valence-corrected chi connectivity index (χ4v) is 3.09. The second-order valence-corrected chi connectivity index (χ2v) is 7.10. The van der Waals surface area contributed by atoms with Crippen LogP contribution in [0.5, 0.6) is 11.5 Å². The second-order valence-electron chi connectivity index (χ2n) is 7.10. The molecule has 2 N–H and O–H groups in total. The lowest BCUT2D eigenvalue weighted by Gasteiger charge is -2.14. The lowest BCUT2D eigenvalue weighted by atomic mass is 10.1. The van der Waals surface area contributed by atoms with Crippen molar-refractivity contribution >= 4 is 17.3 Å². The van der Waals surface area contributed by atoms with Crippen molar-refractivity contribution in [2.45, 2.75) is 33.9 Å². The van der Waals surface area contributed by atoms with Crippen molar-refractivity contribution in [3.63, 3.8) is 0 Å². The molecule has 156 valence electrons. The van der Waals surface area contributed by atoms with Crippen LogP contribution in [0.15, 0.2) is 66.7 Å². The zero-order valence-corrected chi connectivity index (χ0v) is 17.7. The van der Waals surface area contributed by atoms with E-state index in [9.17, 15) is 4.79 Å². The van der Waals surface area contributed by atoms with Crippen molar-refractivity contribution in [3.8, 4) is 11.5 Å². The summed E-state index contributed by atoms with van der Waals surface area (Å²) in [5, 5.41) is 6.15. The summed E-state index contributed by atoms with van der Waals surface area (Å²) in [5.41, 5.74) is 5.19. The van der Waals surface area contributed by atoms with Gasteiger partial charge in [-0.05, 0) is 61.4 Å². The van der Waals surface area contributed by atoms with Crippen LogP contribution in [0.25, 0.3) is 0 Å². The average Bonchev–Trinajstić information content (AvgIpc) is 2.72. The molecule has 1 amide bonds. The highest BCUT2D eigenvalue weighted by molar-refractivity contribution is 5.88. The van der Waals surface area contributed by atoms with Crippen molar-refractivity contribution in [1.29, 1.82) is 0 Å². The van der Waals surface area contributed by atoms with Gasteiger partial charge in [0.05, 0.1) is 6.61 Å². The molecule has 0 radical (unpaired) electrons. The average molecular weight is 405 g/mol. The third-order valence-electron chi connectivity index (χ3n) is 4.49. The lowest BCUT2D eigenvalue weighted by Crippen LogP contribution is -2.06. The predicted molar refractivity (Wildman–Crippen MR) is 121 cm³/mol. The van der Waals surface area contributed by atoms with Crippen LogP contribution in [0.3, 0.4) is 0 Å². The van der Waals surface area contributed by atoms with E-state index in [0.29, 0.717) is 19.8 Å². The maximum Gasteiger partial charge on any atom is 0.221 e. The summed E-state index contributed by atoms with van der Waals surface area (Å²) in [6.45, 7) is 7.26. The Kier molecular flexibility index (Phi) is 7.33. The van der Waals surface area contributed by atoms with E-state index in [2.05, 4.69) is 35.8 Å². The Morgan fingerprint density at radius 2 is 1.63 bits per heavy atom. The molecule has 0 aliphatic heterocycles. The summed E-state index contributed by atoms with van der Waals surface area (Å²) in [5.74, 6) is 1.40. The summed E-state index contributed by atoms with van der Waals surface area (Å²) < 4.78 is 11.8. The van der Waals surface area contributed by atoms with Crippen molar-refractivity contribution in [1.82, 2.24) is 0 Å². The van der Waals surface area contributed by atoms with E-state index < -0.39 is 0 Å². The molecule has 0 aromatic heterocycles. The highest BCUT2D eigenvalue weighted by Crippen LogP contribution is 2.30. The van der Waals surface area contributed by atoms with Crippen LogP contribution in [0.2, 0.25) is 0 Å². The molecule has 0 saturated heterocycles. The fourth-order valence-electron chi connectivity index (χ4n) is 3.09. The van der Waals surface area contributed by atoms with Crippen LogP contribution in [0.1, 0.15) is 30.5 Å². The highest BCUT2D eigenvalue weighted by Gasteiger charge is 2.08. The number of amides is 1. The molecule has 0 atom stereocenters. The summed E-state index contributed by atoms with van der Waals surface area (Å²) in [7, 11) is 0. The van der Waals surface area contributed by atoms with Crippen LogP contribution < -0.4 is 20.1 Å². The molecular formula is C25H28N2O3. The van der Waals surface area contributed by atoms with E-state index in [0.717, 1.165) is 34.0 Å². The van der Waals surface area contributed by atoms with Gasteiger partial charge in [-0.3, -0.25) is 4.79 Å². The van der Waals surface area contributed by atoms with Crippen molar-refractivity contribution < 1.29 is 14.3 Å². The third kappa shape index (κ3) is 6.27. The molecule has 3 aromatic rings. The van der Waals surface area contributed by atoms with Gasteiger partial charge in [0.25, 0.3) is 0 Å². The molecule has 3 aromatic carbocycles. The van der Waals surface area contributed by atoms with Crippen LogP contribution in [0.4, 0.5) is 11.4 Å². The van der Waals surface area contributed by atoms with Gasteiger partial charge in [-0.2, -0.15) is 0 Å². The number of anilines is 2. The fraction of sp³-hybridized carbons (Fsp3) is 0.240. The minimum Gasteiger partial charge on any atom is -0.490 e. The first-order valence-corrected chi connectivity index (χ1v) is 10.1. The molecule has 0 aliphatic rings. The van der Waals surface area contributed by atoms with Gasteiger partial charge in [-0.15, -0.1) is 0 Å². The van der Waals surface area contributed by atoms with Gasteiger partial charge in [0, 0.05) is 24.8 Å². The molecular weight excluding hydrogens is 376 g/mol. The SMILES string of the molecule is CCOc1cc(CNc2ccc(NC(C)=O)cc2)ccc1OCc1cccc(C)c1. The lowest BCUT2D eigenvalue weighted by molar-refractivity contribution is -0.114. The number of ether oxygens (including phenoxy) is 2. The summed E-state index contributed by atoms with van der Waals surface area (Å²) >= 11 is 0. The standard InChI is InChI=1S/C25H28N2O3/c1-4-29-25-15-20(16-26-22-9-11-23(12-10-22)27-19(3)28)8-13-24(25)30-17-21-7-5-6-18(2)14-21/h5-15,26H,4,16-17H2,1-3H3,(H,27,28). The molecule has 5 heteroatoms. The Bertz CT molecular complexity index is 984. The van der Waals surface area contributed by atoms with E-state index in [4.69, 9.17) is 9.47 Å². The summed E-state index contributed by atoms with van der Waals surface area (Å²) in [6, 6.07) is 21.9. The van der Waals surface area contributed by atoms with Crippen molar-refractivity contribution in [2.24, 2.45) is 0 Å². The number of nitrogens with one attached hydrogen (secondary N) is 2. The van der Waals surface area contributed by atoms with E-state index >= 15 is 0 Å². The number of benzene rings is 3. The molecule has 0 heterocycles. The molecule has 0 saturated carbocycles. The van der Waals surface area contributed by atoms with Crippen molar-refractivity contribution in [2.75, 3.05) is 17.2 Å².